The molecule has 2 unspecified atom stereocenters. The molecule has 2 rings (SSSR count). The molecule has 0 aromatic heterocycles. The summed E-state index contributed by atoms with van der Waals surface area (Å²) >= 11 is 0. The number of nitrogens with two attached hydrogens (primary N) is 1. The van der Waals surface area contributed by atoms with Gasteiger partial charge in [0, 0.05) is 6.20 Å². The molecule has 0 saturated heterocycles. The average molecular weight is 222 g/mol. The van der Waals surface area contributed by atoms with E-state index < -0.39 is 5.97 Å². The highest BCUT2D eigenvalue weighted by molar-refractivity contribution is 6.31. The summed E-state index contributed by atoms with van der Waals surface area (Å²) in [5.74, 6) is 0.248. The SMILES string of the molecule is CCOC(=O)C1=CN2C(=NC(C)C2N)C=N1. The fourth-order valence-corrected chi connectivity index (χ4v) is 1.59. The lowest BCUT2D eigenvalue weighted by Crippen LogP contribution is -2.44. The van der Waals surface area contributed by atoms with Gasteiger partial charge in [-0.25, -0.2) is 9.79 Å². The Kier molecular flexibility index (Phi) is 2.74. The first-order valence-corrected chi connectivity index (χ1v) is 5.18. The molecule has 0 radical (unpaired) electrons. The van der Waals surface area contributed by atoms with Crippen molar-refractivity contribution in [3.05, 3.63) is 11.9 Å². The highest BCUT2D eigenvalue weighted by Crippen LogP contribution is 2.18. The quantitative estimate of drug-likeness (QED) is 0.659. The van der Waals surface area contributed by atoms with Crippen LogP contribution >= 0.6 is 0 Å². The second kappa shape index (κ2) is 4.05. The van der Waals surface area contributed by atoms with E-state index in [1.54, 1.807) is 18.0 Å². The predicted octanol–water partition coefficient (Wildman–Crippen LogP) is -0.137. The number of carbonyl (C=O) groups excluding carboxylic acids is 1. The average Bonchev–Trinajstić information content (AvgIpc) is 2.55. The van der Waals surface area contributed by atoms with Crippen LogP contribution in [0.4, 0.5) is 0 Å². The first-order valence-electron chi connectivity index (χ1n) is 5.18. The number of aliphatic imine (C=N–C) groups is 2. The van der Waals surface area contributed by atoms with Crippen LogP contribution in [0, 0.1) is 0 Å². The lowest BCUT2D eigenvalue weighted by molar-refractivity contribution is -0.138. The molecular weight excluding hydrogens is 208 g/mol. The van der Waals surface area contributed by atoms with Crippen molar-refractivity contribution < 1.29 is 9.53 Å². The van der Waals surface area contributed by atoms with E-state index in [1.165, 1.54) is 6.21 Å². The van der Waals surface area contributed by atoms with E-state index in [0.29, 0.717) is 12.4 Å². The molecular formula is C10H14N4O2. The highest BCUT2D eigenvalue weighted by atomic mass is 16.5. The number of ether oxygens (including phenoxy) is 1. The van der Waals surface area contributed by atoms with Gasteiger partial charge in [-0.1, -0.05) is 0 Å². The summed E-state index contributed by atoms with van der Waals surface area (Å²) in [5.41, 5.74) is 6.18. The Morgan fingerprint density at radius 1 is 1.69 bits per heavy atom. The van der Waals surface area contributed by atoms with Gasteiger partial charge in [0.2, 0.25) is 0 Å². The van der Waals surface area contributed by atoms with Crippen LogP contribution in [0.2, 0.25) is 0 Å². The van der Waals surface area contributed by atoms with Crippen molar-refractivity contribution in [1.29, 1.82) is 0 Å². The van der Waals surface area contributed by atoms with Crippen LogP contribution in [0.5, 0.6) is 0 Å². The summed E-state index contributed by atoms with van der Waals surface area (Å²) in [4.78, 5) is 21.5. The molecule has 6 heteroatoms. The number of hydrogen-bond donors (Lipinski definition) is 1. The third-order valence-corrected chi connectivity index (χ3v) is 2.48. The Bertz CT molecular complexity index is 400. The first-order chi connectivity index (χ1) is 7.63. The van der Waals surface area contributed by atoms with Gasteiger partial charge in [-0.2, -0.15) is 0 Å². The van der Waals surface area contributed by atoms with Crippen molar-refractivity contribution in [2.45, 2.75) is 26.1 Å². The molecule has 0 fully saturated rings. The van der Waals surface area contributed by atoms with Gasteiger partial charge < -0.3 is 15.4 Å². The van der Waals surface area contributed by atoms with Gasteiger partial charge in [0.25, 0.3) is 0 Å². The number of carbonyl (C=O) groups is 1. The predicted molar refractivity (Wildman–Crippen MR) is 59.9 cm³/mol. The van der Waals surface area contributed by atoms with Crippen LogP contribution in [0.1, 0.15) is 13.8 Å². The number of hydrogen-bond acceptors (Lipinski definition) is 6. The minimum atomic E-state index is -0.440. The number of amidine groups is 1. The summed E-state index contributed by atoms with van der Waals surface area (Å²) in [6.45, 7) is 4.00. The monoisotopic (exact) mass is 222 g/mol. The van der Waals surface area contributed by atoms with Crippen molar-refractivity contribution in [3.63, 3.8) is 0 Å². The van der Waals surface area contributed by atoms with E-state index in [1.807, 2.05) is 6.92 Å². The minimum Gasteiger partial charge on any atom is -0.461 e. The van der Waals surface area contributed by atoms with Crippen molar-refractivity contribution in [1.82, 2.24) is 4.90 Å². The van der Waals surface area contributed by atoms with Gasteiger partial charge in [0.05, 0.1) is 18.9 Å². The van der Waals surface area contributed by atoms with E-state index in [4.69, 9.17) is 10.5 Å². The fourth-order valence-electron chi connectivity index (χ4n) is 1.59. The zero-order valence-corrected chi connectivity index (χ0v) is 9.25. The molecule has 2 N–H and O–H groups in total. The standard InChI is InChI=1S/C10H14N4O2/c1-3-16-10(15)7-5-14-8(4-12-7)13-6(2)9(14)11/h4-6,9H,3,11H2,1-2H3. The Balaban J connectivity index is 2.19. The lowest BCUT2D eigenvalue weighted by atomic mass is 10.3. The van der Waals surface area contributed by atoms with Crippen LogP contribution in [-0.2, 0) is 9.53 Å². The smallest absolute Gasteiger partial charge is 0.358 e. The van der Waals surface area contributed by atoms with Gasteiger partial charge in [0.1, 0.15) is 12.0 Å². The molecule has 2 aliphatic heterocycles. The molecule has 2 aliphatic rings. The molecule has 2 heterocycles. The number of rotatable bonds is 2. The second-order valence-electron chi connectivity index (χ2n) is 3.62. The Labute approximate surface area is 93.5 Å². The molecule has 0 saturated carbocycles. The van der Waals surface area contributed by atoms with E-state index in [9.17, 15) is 4.79 Å². The molecule has 2 atom stereocenters. The second-order valence-corrected chi connectivity index (χ2v) is 3.62. The van der Waals surface area contributed by atoms with E-state index in [0.717, 1.165) is 0 Å². The maximum Gasteiger partial charge on any atom is 0.358 e. The van der Waals surface area contributed by atoms with Crippen LogP contribution < -0.4 is 5.73 Å². The van der Waals surface area contributed by atoms with Crippen molar-refractivity contribution >= 4 is 18.0 Å². The molecule has 0 aromatic carbocycles. The number of nitrogens with zero attached hydrogens (tertiary/aromatic N) is 3. The minimum absolute atomic E-state index is 0.000699. The summed E-state index contributed by atoms with van der Waals surface area (Å²) in [6, 6.07) is -0.000699. The van der Waals surface area contributed by atoms with E-state index in [2.05, 4.69) is 9.98 Å². The molecule has 16 heavy (non-hydrogen) atoms. The fraction of sp³-hybridized carbons (Fsp3) is 0.500. The largest absolute Gasteiger partial charge is 0.461 e. The molecule has 6 nitrogen and oxygen atoms in total. The first kappa shape index (κ1) is 10.8. The zero-order chi connectivity index (χ0) is 11.7. The highest BCUT2D eigenvalue weighted by Gasteiger charge is 2.31. The maximum absolute atomic E-state index is 11.5. The molecule has 0 spiro atoms. The van der Waals surface area contributed by atoms with Gasteiger partial charge >= 0.3 is 5.97 Å². The molecule has 0 amide bonds. The van der Waals surface area contributed by atoms with Crippen molar-refractivity contribution in [2.75, 3.05) is 6.61 Å². The van der Waals surface area contributed by atoms with Crippen LogP contribution in [-0.4, -0.2) is 41.7 Å². The molecule has 0 bridgehead atoms. The lowest BCUT2D eigenvalue weighted by Gasteiger charge is -2.23. The number of fused-ring (bicyclic) bond motifs is 1. The normalized spacial score (nSPS) is 27.3. The van der Waals surface area contributed by atoms with Gasteiger partial charge in [-0.15, -0.1) is 0 Å². The zero-order valence-electron chi connectivity index (χ0n) is 9.25. The number of esters is 1. The molecule has 0 aliphatic carbocycles. The summed E-state index contributed by atoms with van der Waals surface area (Å²) in [7, 11) is 0. The van der Waals surface area contributed by atoms with E-state index in [-0.39, 0.29) is 17.9 Å². The van der Waals surface area contributed by atoms with Gasteiger partial charge in [-0.3, -0.25) is 4.99 Å². The van der Waals surface area contributed by atoms with Crippen LogP contribution in [0.25, 0.3) is 0 Å². The third-order valence-electron chi connectivity index (χ3n) is 2.48. The van der Waals surface area contributed by atoms with Crippen LogP contribution in [0.15, 0.2) is 21.9 Å². The Hall–Kier alpha value is -1.69. The Morgan fingerprint density at radius 2 is 2.44 bits per heavy atom. The third kappa shape index (κ3) is 1.71. The van der Waals surface area contributed by atoms with Crippen molar-refractivity contribution in [2.24, 2.45) is 15.7 Å². The van der Waals surface area contributed by atoms with E-state index >= 15 is 0 Å². The maximum atomic E-state index is 11.5. The van der Waals surface area contributed by atoms with Gasteiger partial charge in [0.15, 0.2) is 5.70 Å². The summed E-state index contributed by atoms with van der Waals surface area (Å²) in [6.07, 6.45) is 2.88. The molecule has 86 valence electrons. The molecule has 0 aromatic rings. The summed E-state index contributed by atoms with van der Waals surface area (Å²) < 4.78 is 4.86. The van der Waals surface area contributed by atoms with Crippen molar-refractivity contribution in [3.8, 4) is 0 Å². The van der Waals surface area contributed by atoms with Gasteiger partial charge in [-0.05, 0) is 13.8 Å². The van der Waals surface area contributed by atoms with Crippen LogP contribution in [0.3, 0.4) is 0 Å². The Morgan fingerprint density at radius 3 is 3.12 bits per heavy atom. The summed E-state index contributed by atoms with van der Waals surface area (Å²) in [5, 5.41) is 0. The topological polar surface area (TPSA) is 80.3 Å².